The van der Waals surface area contributed by atoms with Crippen molar-refractivity contribution in [3.8, 4) is 5.69 Å². The molecule has 1 amide bonds. The molecule has 0 saturated heterocycles. The van der Waals surface area contributed by atoms with E-state index >= 15 is 0 Å². The van der Waals surface area contributed by atoms with Gasteiger partial charge in [-0.3, -0.25) is 4.79 Å². The molecule has 4 nitrogen and oxygen atoms in total. The first-order chi connectivity index (χ1) is 12.2. The summed E-state index contributed by atoms with van der Waals surface area (Å²) in [6, 6.07) is 6.33. The summed E-state index contributed by atoms with van der Waals surface area (Å²) in [5, 5.41) is 4.67. The molecule has 1 aromatic heterocycles. The zero-order chi connectivity index (χ0) is 17.4. The lowest BCUT2D eigenvalue weighted by molar-refractivity contribution is 0.0740. The van der Waals surface area contributed by atoms with Gasteiger partial charge in [-0.15, -0.1) is 0 Å². The molecular formula is C20H24FN3O. The summed E-state index contributed by atoms with van der Waals surface area (Å²) >= 11 is 0. The van der Waals surface area contributed by atoms with E-state index in [1.807, 2.05) is 9.58 Å². The molecule has 0 bridgehead atoms. The van der Waals surface area contributed by atoms with Crippen molar-refractivity contribution >= 4 is 5.91 Å². The molecule has 0 atom stereocenters. The zero-order valence-corrected chi connectivity index (χ0v) is 14.7. The minimum Gasteiger partial charge on any atom is -0.337 e. The Kier molecular flexibility index (Phi) is 4.32. The number of hydrogen-bond acceptors (Lipinski definition) is 2. The van der Waals surface area contributed by atoms with Crippen molar-refractivity contribution in [2.75, 3.05) is 13.1 Å². The smallest absolute Gasteiger partial charge is 0.274 e. The molecule has 5 heteroatoms. The molecule has 4 rings (SSSR count). The average Bonchev–Trinajstić information content (AvgIpc) is 3.17. The normalized spacial score (nSPS) is 16.1. The molecule has 2 aliphatic rings. The maximum atomic E-state index is 13.2. The second kappa shape index (κ2) is 6.62. The van der Waals surface area contributed by atoms with Gasteiger partial charge in [-0.2, -0.15) is 5.10 Å². The summed E-state index contributed by atoms with van der Waals surface area (Å²) in [5.74, 6) is 0.470. The Labute approximate surface area is 147 Å². The first-order valence-electron chi connectivity index (χ1n) is 9.33. The maximum Gasteiger partial charge on any atom is 0.274 e. The Morgan fingerprint density at radius 2 is 2.04 bits per heavy atom. The zero-order valence-electron chi connectivity index (χ0n) is 14.7. The van der Waals surface area contributed by atoms with Gasteiger partial charge in [0.1, 0.15) is 5.82 Å². The Bertz CT molecular complexity index is 777. The molecule has 0 radical (unpaired) electrons. The molecule has 2 aliphatic carbocycles. The first kappa shape index (κ1) is 16.3. The molecule has 1 aromatic carbocycles. The van der Waals surface area contributed by atoms with Crippen LogP contribution in [0.2, 0.25) is 0 Å². The summed E-state index contributed by atoms with van der Waals surface area (Å²) in [6.07, 6.45) is 6.29. The molecule has 132 valence electrons. The Morgan fingerprint density at radius 3 is 2.72 bits per heavy atom. The third-order valence-corrected chi connectivity index (χ3v) is 5.16. The number of fused-ring (bicyclic) bond motifs is 1. The number of carbonyl (C=O) groups is 1. The highest BCUT2D eigenvalue weighted by Crippen LogP contribution is 2.32. The van der Waals surface area contributed by atoms with Gasteiger partial charge in [0.15, 0.2) is 5.69 Å². The number of amides is 1. The second-order valence-corrected chi connectivity index (χ2v) is 7.21. The fourth-order valence-corrected chi connectivity index (χ4v) is 3.71. The number of hydrogen-bond donors (Lipinski definition) is 0. The van der Waals surface area contributed by atoms with Crippen LogP contribution >= 0.6 is 0 Å². The average molecular weight is 341 g/mol. The number of rotatable bonds is 6. The van der Waals surface area contributed by atoms with Crippen molar-refractivity contribution in [3.63, 3.8) is 0 Å². The van der Waals surface area contributed by atoms with Crippen molar-refractivity contribution in [2.45, 2.75) is 45.4 Å². The van der Waals surface area contributed by atoms with Crippen LogP contribution in [0.3, 0.4) is 0 Å². The summed E-state index contributed by atoms with van der Waals surface area (Å²) in [4.78, 5) is 15.1. The first-order valence-corrected chi connectivity index (χ1v) is 9.33. The van der Waals surface area contributed by atoms with E-state index in [1.54, 1.807) is 12.1 Å². The number of aromatic nitrogens is 2. The van der Waals surface area contributed by atoms with Gasteiger partial charge in [0.05, 0.1) is 5.69 Å². The molecular weight excluding hydrogens is 317 g/mol. The van der Waals surface area contributed by atoms with Crippen molar-refractivity contribution in [2.24, 2.45) is 5.92 Å². The summed E-state index contributed by atoms with van der Waals surface area (Å²) in [5.41, 5.74) is 3.62. The van der Waals surface area contributed by atoms with Gasteiger partial charge in [0.2, 0.25) is 0 Å². The van der Waals surface area contributed by atoms with E-state index in [1.165, 1.54) is 25.0 Å². The SMILES string of the molecule is CCCN(CC1CC1)C(=O)c1nn(-c2ccc(F)cc2)c2c1CCC2. The van der Waals surface area contributed by atoms with Crippen LogP contribution in [-0.4, -0.2) is 33.7 Å². The van der Waals surface area contributed by atoms with Crippen LogP contribution in [0.5, 0.6) is 0 Å². The van der Waals surface area contributed by atoms with Crippen molar-refractivity contribution in [1.82, 2.24) is 14.7 Å². The molecule has 1 heterocycles. The number of carbonyl (C=O) groups excluding carboxylic acids is 1. The van der Waals surface area contributed by atoms with E-state index in [-0.39, 0.29) is 11.7 Å². The molecule has 0 aliphatic heterocycles. The fraction of sp³-hybridized carbons (Fsp3) is 0.500. The van der Waals surface area contributed by atoms with E-state index in [4.69, 9.17) is 0 Å². The van der Waals surface area contributed by atoms with Crippen LogP contribution in [0.25, 0.3) is 5.69 Å². The van der Waals surface area contributed by atoms with Crippen LogP contribution in [0.1, 0.15) is 54.4 Å². The topological polar surface area (TPSA) is 38.1 Å². The monoisotopic (exact) mass is 341 g/mol. The second-order valence-electron chi connectivity index (χ2n) is 7.21. The largest absolute Gasteiger partial charge is 0.337 e. The van der Waals surface area contributed by atoms with Crippen molar-refractivity contribution in [1.29, 1.82) is 0 Å². The van der Waals surface area contributed by atoms with E-state index in [2.05, 4.69) is 12.0 Å². The van der Waals surface area contributed by atoms with Crippen LogP contribution in [0.15, 0.2) is 24.3 Å². The molecule has 25 heavy (non-hydrogen) atoms. The third-order valence-electron chi connectivity index (χ3n) is 5.16. The minimum atomic E-state index is -0.262. The van der Waals surface area contributed by atoms with Crippen LogP contribution in [0.4, 0.5) is 4.39 Å². The quantitative estimate of drug-likeness (QED) is 0.802. The van der Waals surface area contributed by atoms with Gasteiger partial charge in [0, 0.05) is 24.3 Å². The van der Waals surface area contributed by atoms with Crippen LogP contribution in [-0.2, 0) is 12.8 Å². The van der Waals surface area contributed by atoms with Gasteiger partial charge in [-0.05, 0) is 68.7 Å². The molecule has 1 saturated carbocycles. The lowest BCUT2D eigenvalue weighted by Crippen LogP contribution is -2.34. The lowest BCUT2D eigenvalue weighted by atomic mass is 10.1. The number of benzene rings is 1. The molecule has 0 N–H and O–H groups in total. The van der Waals surface area contributed by atoms with Gasteiger partial charge < -0.3 is 4.90 Å². The maximum absolute atomic E-state index is 13.2. The molecule has 2 aromatic rings. The van der Waals surface area contributed by atoms with E-state index in [0.717, 1.165) is 55.7 Å². The van der Waals surface area contributed by atoms with Crippen molar-refractivity contribution < 1.29 is 9.18 Å². The van der Waals surface area contributed by atoms with Crippen LogP contribution < -0.4 is 0 Å². The molecule has 0 unspecified atom stereocenters. The van der Waals surface area contributed by atoms with Crippen LogP contribution in [0, 0.1) is 11.7 Å². The third kappa shape index (κ3) is 3.20. The Morgan fingerprint density at radius 1 is 1.28 bits per heavy atom. The number of halogens is 1. The molecule has 1 fully saturated rings. The van der Waals surface area contributed by atoms with E-state index < -0.39 is 0 Å². The van der Waals surface area contributed by atoms with E-state index in [9.17, 15) is 9.18 Å². The predicted octanol–water partition coefficient (Wildman–Crippen LogP) is 3.76. The highest BCUT2D eigenvalue weighted by Gasteiger charge is 2.32. The summed E-state index contributed by atoms with van der Waals surface area (Å²) in [6.45, 7) is 3.74. The highest BCUT2D eigenvalue weighted by atomic mass is 19.1. The Hall–Kier alpha value is -2.17. The standard InChI is InChI=1S/C20H24FN3O/c1-2-12-23(13-14-6-7-14)20(25)19-17-4-3-5-18(17)24(22-19)16-10-8-15(21)9-11-16/h8-11,14H,2-7,12-13H2,1H3. The van der Waals surface area contributed by atoms with E-state index in [0.29, 0.717) is 11.6 Å². The molecule has 0 spiro atoms. The summed E-state index contributed by atoms with van der Waals surface area (Å²) < 4.78 is 15.1. The van der Waals surface area contributed by atoms with Gasteiger partial charge in [-0.1, -0.05) is 6.92 Å². The lowest BCUT2D eigenvalue weighted by Gasteiger charge is -2.21. The van der Waals surface area contributed by atoms with Gasteiger partial charge in [-0.25, -0.2) is 9.07 Å². The summed E-state index contributed by atoms with van der Waals surface area (Å²) in [7, 11) is 0. The highest BCUT2D eigenvalue weighted by molar-refractivity contribution is 5.94. The van der Waals surface area contributed by atoms with Gasteiger partial charge in [0.25, 0.3) is 5.91 Å². The Balaban J connectivity index is 1.68. The number of nitrogens with zero attached hydrogens (tertiary/aromatic N) is 3. The fourth-order valence-electron chi connectivity index (χ4n) is 3.71. The predicted molar refractivity (Wildman–Crippen MR) is 94.5 cm³/mol. The van der Waals surface area contributed by atoms with Crippen molar-refractivity contribution in [3.05, 3.63) is 47.0 Å². The minimum absolute atomic E-state index is 0.0627. The van der Waals surface area contributed by atoms with Gasteiger partial charge >= 0.3 is 0 Å².